The Labute approximate surface area is 222 Å². The number of nitrogens with zero attached hydrogens (tertiary/aromatic N) is 1. The van der Waals surface area contributed by atoms with E-state index >= 15 is 0 Å². The summed E-state index contributed by atoms with van der Waals surface area (Å²) >= 11 is 0. The summed E-state index contributed by atoms with van der Waals surface area (Å²) in [7, 11) is 0. The van der Waals surface area contributed by atoms with Crippen molar-refractivity contribution in [2.24, 2.45) is 0 Å². The minimum atomic E-state index is -0.116. The van der Waals surface area contributed by atoms with Crippen molar-refractivity contribution < 1.29 is 4.79 Å². The molecule has 2 unspecified atom stereocenters. The smallest absolute Gasteiger partial charge is 0.319 e. The van der Waals surface area contributed by atoms with E-state index in [-0.39, 0.29) is 6.03 Å². The van der Waals surface area contributed by atoms with Gasteiger partial charge in [-0.3, -0.25) is 0 Å². The first-order valence-corrected chi connectivity index (χ1v) is 14.0. The molecular formula is C33H41N3O. The Morgan fingerprint density at radius 3 is 1.84 bits per heavy atom. The van der Waals surface area contributed by atoms with E-state index < -0.39 is 0 Å². The van der Waals surface area contributed by atoms with Crippen LogP contribution in [0.2, 0.25) is 0 Å². The van der Waals surface area contributed by atoms with Gasteiger partial charge in [-0.15, -0.1) is 0 Å². The van der Waals surface area contributed by atoms with Gasteiger partial charge in [0.25, 0.3) is 0 Å². The van der Waals surface area contributed by atoms with Gasteiger partial charge in [0.2, 0.25) is 0 Å². The summed E-state index contributed by atoms with van der Waals surface area (Å²) in [6.07, 6.45) is 4.24. The molecule has 0 fully saturated rings. The van der Waals surface area contributed by atoms with Gasteiger partial charge in [0.05, 0.1) is 0 Å². The van der Waals surface area contributed by atoms with Crippen LogP contribution in [0.5, 0.6) is 0 Å². The molecule has 0 spiro atoms. The third kappa shape index (κ3) is 5.12. The van der Waals surface area contributed by atoms with Crippen LogP contribution in [0.4, 0.5) is 16.2 Å². The topological polar surface area (TPSA) is 44.4 Å². The van der Waals surface area contributed by atoms with Gasteiger partial charge in [0.15, 0.2) is 0 Å². The molecule has 2 N–H and O–H groups in total. The number of carbonyl (C=O) groups is 1. The van der Waals surface area contributed by atoms with Crippen molar-refractivity contribution in [1.82, 2.24) is 5.32 Å². The quantitative estimate of drug-likeness (QED) is 0.344. The summed E-state index contributed by atoms with van der Waals surface area (Å²) in [5.74, 6) is 0.654. The van der Waals surface area contributed by atoms with Crippen molar-refractivity contribution >= 4 is 17.4 Å². The largest absolute Gasteiger partial charge is 0.371 e. The van der Waals surface area contributed by atoms with Crippen molar-refractivity contribution in [3.63, 3.8) is 0 Å². The minimum absolute atomic E-state index is 0.116. The van der Waals surface area contributed by atoms with Crippen molar-refractivity contribution in [1.29, 1.82) is 0 Å². The molecule has 0 saturated heterocycles. The second-order valence-electron chi connectivity index (χ2n) is 11.1. The fourth-order valence-electron chi connectivity index (χ4n) is 6.50. The molecule has 4 heteroatoms. The third-order valence-electron chi connectivity index (χ3n) is 8.29. The number of benzene rings is 3. The molecule has 2 aliphatic rings. The van der Waals surface area contributed by atoms with Crippen molar-refractivity contribution in [3.05, 3.63) is 93.0 Å². The van der Waals surface area contributed by atoms with Gasteiger partial charge in [-0.2, -0.15) is 0 Å². The van der Waals surface area contributed by atoms with Gasteiger partial charge in [-0.25, -0.2) is 4.79 Å². The highest BCUT2D eigenvalue weighted by Gasteiger charge is 2.36. The molecular weight excluding hydrogens is 454 g/mol. The van der Waals surface area contributed by atoms with E-state index in [4.69, 9.17) is 0 Å². The predicted molar refractivity (Wildman–Crippen MR) is 155 cm³/mol. The van der Waals surface area contributed by atoms with Crippen LogP contribution in [-0.4, -0.2) is 25.7 Å². The lowest BCUT2D eigenvalue weighted by Crippen LogP contribution is -2.38. The lowest BCUT2D eigenvalue weighted by Gasteiger charge is -2.44. The Hall–Kier alpha value is -3.27. The average Bonchev–Trinajstić information content (AvgIpc) is 2.85. The van der Waals surface area contributed by atoms with E-state index in [0.717, 1.165) is 44.5 Å². The number of carbonyl (C=O) groups excluding carboxylic acids is 1. The maximum absolute atomic E-state index is 12.8. The Kier molecular flexibility index (Phi) is 7.28. The van der Waals surface area contributed by atoms with Gasteiger partial charge in [0.1, 0.15) is 0 Å². The summed E-state index contributed by atoms with van der Waals surface area (Å²) in [4.78, 5) is 15.4. The standard InChI is InChI=1S/C33H41N3O/c1-6-7-14-34-33(37)35-25-19-30-28(26-10-8-21(2)17-23(26)4)12-15-36-16-13-29(31(20-25)32(30)36)27-11-9-22(3)18-24(27)5/h8-11,17-20,28-29H,6-7,12-16H2,1-5H3,(H2,34,35,37). The van der Waals surface area contributed by atoms with Gasteiger partial charge in [-0.05, 0) is 92.5 Å². The number of anilines is 2. The highest BCUT2D eigenvalue weighted by atomic mass is 16.2. The number of amides is 2. The fourth-order valence-corrected chi connectivity index (χ4v) is 6.50. The first-order chi connectivity index (χ1) is 17.9. The zero-order chi connectivity index (χ0) is 26.1. The zero-order valence-corrected chi connectivity index (χ0v) is 23.1. The summed E-state index contributed by atoms with van der Waals surface area (Å²) in [5.41, 5.74) is 13.1. The molecule has 5 rings (SSSR count). The molecule has 2 heterocycles. The van der Waals surface area contributed by atoms with Crippen molar-refractivity contribution in [2.75, 3.05) is 29.9 Å². The van der Waals surface area contributed by atoms with Crippen LogP contribution in [0, 0.1) is 27.7 Å². The molecule has 0 aromatic heterocycles. The van der Waals surface area contributed by atoms with E-state index in [1.54, 1.807) is 0 Å². The number of rotatable bonds is 6. The molecule has 0 radical (unpaired) electrons. The molecule has 194 valence electrons. The fraction of sp³-hybridized carbons (Fsp3) is 0.424. The van der Waals surface area contributed by atoms with Crippen LogP contribution in [-0.2, 0) is 0 Å². The molecule has 2 amide bonds. The van der Waals surface area contributed by atoms with Gasteiger partial charge >= 0.3 is 6.03 Å². The molecule has 4 nitrogen and oxygen atoms in total. The Balaban J connectivity index is 1.62. The summed E-state index contributed by atoms with van der Waals surface area (Å²) < 4.78 is 0. The maximum atomic E-state index is 12.8. The second-order valence-corrected chi connectivity index (χ2v) is 11.1. The van der Waals surface area contributed by atoms with E-state index in [2.05, 4.69) is 98.7 Å². The summed E-state index contributed by atoms with van der Waals surface area (Å²) in [6.45, 7) is 13.8. The number of nitrogens with one attached hydrogen (secondary N) is 2. The number of hydrogen-bond donors (Lipinski definition) is 2. The van der Waals surface area contributed by atoms with Gasteiger partial charge in [-0.1, -0.05) is 60.9 Å². The number of hydrogen-bond acceptors (Lipinski definition) is 2. The molecule has 3 aromatic carbocycles. The average molecular weight is 496 g/mol. The number of aryl methyl sites for hydroxylation is 4. The molecule has 0 bridgehead atoms. The number of urea groups is 1. The molecule has 3 aromatic rings. The lowest BCUT2D eigenvalue weighted by molar-refractivity contribution is 0.252. The minimum Gasteiger partial charge on any atom is -0.371 e. The summed E-state index contributed by atoms with van der Waals surface area (Å²) in [5, 5.41) is 6.22. The van der Waals surface area contributed by atoms with Gasteiger partial charge in [0, 0.05) is 42.8 Å². The highest BCUT2D eigenvalue weighted by molar-refractivity contribution is 5.90. The second kappa shape index (κ2) is 10.6. The predicted octanol–water partition coefficient (Wildman–Crippen LogP) is 7.72. The van der Waals surface area contributed by atoms with Crippen LogP contribution in [0.25, 0.3) is 0 Å². The van der Waals surface area contributed by atoms with Crippen LogP contribution < -0.4 is 15.5 Å². The third-order valence-corrected chi connectivity index (χ3v) is 8.29. The first kappa shape index (κ1) is 25.4. The Bertz CT molecular complexity index is 1230. The van der Waals surface area contributed by atoms with Crippen LogP contribution >= 0.6 is 0 Å². The number of unbranched alkanes of at least 4 members (excludes halogenated alkanes) is 1. The molecule has 0 saturated carbocycles. The van der Waals surface area contributed by atoms with E-state index in [1.807, 2.05) is 0 Å². The van der Waals surface area contributed by atoms with E-state index in [9.17, 15) is 4.79 Å². The maximum Gasteiger partial charge on any atom is 0.319 e. The van der Waals surface area contributed by atoms with Crippen LogP contribution in [0.3, 0.4) is 0 Å². The van der Waals surface area contributed by atoms with E-state index in [1.165, 1.54) is 50.2 Å². The van der Waals surface area contributed by atoms with Gasteiger partial charge < -0.3 is 15.5 Å². The van der Waals surface area contributed by atoms with Crippen molar-refractivity contribution in [3.8, 4) is 0 Å². The zero-order valence-electron chi connectivity index (χ0n) is 23.1. The molecule has 0 aliphatic carbocycles. The van der Waals surface area contributed by atoms with Crippen molar-refractivity contribution in [2.45, 2.75) is 72.1 Å². The first-order valence-electron chi connectivity index (χ1n) is 14.0. The van der Waals surface area contributed by atoms with Crippen LogP contribution in [0.15, 0.2) is 48.5 Å². The Morgan fingerprint density at radius 1 is 0.811 bits per heavy atom. The molecule has 2 aliphatic heterocycles. The van der Waals surface area contributed by atoms with E-state index in [0.29, 0.717) is 18.4 Å². The normalized spacial score (nSPS) is 18.4. The lowest BCUT2D eigenvalue weighted by atomic mass is 9.75. The molecule has 37 heavy (non-hydrogen) atoms. The SMILES string of the molecule is CCCCNC(=O)Nc1cc2c3c(c1)C(c1ccc(C)cc1C)CCN3CCC2c1ccc(C)cc1C. The summed E-state index contributed by atoms with van der Waals surface area (Å²) in [6, 6.07) is 18.1. The molecule has 2 atom stereocenters. The van der Waals surface area contributed by atoms with Crippen LogP contribution in [0.1, 0.15) is 89.0 Å². The highest BCUT2D eigenvalue weighted by Crippen LogP contribution is 2.50. The monoisotopic (exact) mass is 495 g/mol. The Morgan fingerprint density at radius 2 is 1.35 bits per heavy atom.